The van der Waals surface area contributed by atoms with E-state index in [1.54, 1.807) is 6.33 Å². The second-order valence-corrected chi connectivity index (χ2v) is 4.42. The van der Waals surface area contributed by atoms with E-state index in [2.05, 4.69) is 36.5 Å². The summed E-state index contributed by atoms with van der Waals surface area (Å²) in [5.74, 6) is 1.61. The topological polar surface area (TPSA) is 70.1 Å². The van der Waals surface area contributed by atoms with Crippen LogP contribution in [0.5, 0.6) is 0 Å². The minimum Gasteiger partial charge on any atom is -0.396 e. The van der Waals surface area contributed by atoms with Crippen molar-refractivity contribution in [1.82, 2.24) is 9.97 Å². The normalized spacial score (nSPS) is 10.3. The van der Waals surface area contributed by atoms with Crippen molar-refractivity contribution in [3.63, 3.8) is 0 Å². The molecule has 0 atom stereocenters. The molecule has 96 valence electrons. The third-order valence-corrected chi connectivity index (χ3v) is 3.01. The summed E-state index contributed by atoms with van der Waals surface area (Å²) in [6.45, 7) is 3.96. The molecule has 0 aromatic carbocycles. The van der Waals surface area contributed by atoms with E-state index >= 15 is 0 Å². The highest BCUT2D eigenvalue weighted by Crippen LogP contribution is 2.26. The average molecular weight is 303 g/mol. The zero-order valence-electron chi connectivity index (χ0n) is 10.0. The van der Waals surface area contributed by atoms with Crippen LogP contribution in [0.2, 0.25) is 0 Å². The van der Waals surface area contributed by atoms with Crippen LogP contribution in [-0.2, 0) is 0 Å². The van der Waals surface area contributed by atoms with E-state index in [1.165, 1.54) is 0 Å². The molecule has 0 aliphatic rings. The molecule has 0 radical (unpaired) electrons. The van der Waals surface area contributed by atoms with Crippen molar-refractivity contribution in [1.29, 1.82) is 0 Å². The molecule has 0 spiro atoms. The number of rotatable bonds is 8. The van der Waals surface area contributed by atoms with Crippen molar-refractivity contribution in [3.05, 3.63) is 10.8 Å². The van der Waals surface area contributed by atoms with Crippen LogP contribution in [0.25, 0.3) is 0 Å². The first-order valence-electron chi connectivity index (χ1n) is 5.88. The molecule has 0 unspecified atom stereocenters. The number of hydrogen-bond acceptors (Lipinski definition) is 5. The third-order valence-electron chi connectivity index (χ3n) is 2.26. The van der Waals surface area contributed by atoms with Gasteiger partial charge in [-0.3, -0.25) is 0 Å². The number of anilines is 2. The van der Waals surface area contributed by atoms with E-state index in [9.17, 15) is 0 Å². The fraction of sp³-hybridized carbons (Fsp3) is 0.636. The van der Waals surface area contributed by atoms with Gasteiger partial charge in [-0.25, -0.2) is 9.97 Å². The first-order chi connectivity index (χ1) is 8.29. The predicted octanol–water partition coefficient (Wildman–Crippen LogP) is 2.25. The minimum atomic E-state index is 0.266. The number of halogens is 1. The summed E-state index contributed by atoms with van der Waals surface area (Å²) in [4.78, 5) is 8.32. The molecule has 1 heterocycles. The molecule has 1 rings (SSSR count). The van der Waals surface area contributed by atoms with Gasteiger partial charge in [0.1, 0.15) is 22.4 Å². The van der Waals surface area contributed by atoms with Gasteiger partial charge in [-0.2, -0.15) is 0 Å². The largest absolute Gasteiger partial charge is 0.396 e. The third kappa shape index (κ3) is 4.87. The maximum atomic E-state index is 8.67. The van der Waals surface area contributed by atoms with Crippen LogP contribution in [0.4, 0.5) is 11.6 Å². The van der Waals surface area contributed by atoms with Gasteiger partial charge in [-0.15, -0.1) is 0 Å². The molecule has 1 aromatic rings. The van der Waals surface area contributed by atoms with Gasteiger partial charge in [0.25, 0.3) is 0 Å². The number of unbranched alkanes of at least 4 members (excludes halogenated alkanes) is 2. The van der Waals surface area contributed by atoms with Crippen molar-refractivity contribution in [3.8, 4) is 0 Å². The van der Waals surface area contributed by atoms with Gasteiger partial charge in [-0.05, 0) is 42.1 Å². The Balaban J connectivity index is 2.44. The quantitative estimate of drug-likeness (QED) is 0.643. The van der Waals surface area contributed by atoms with Crippen LogP contribution in [0.1, 0.15) is 26.2 Å². The van der Waals surface area contributed by atoms with Crippen LogP contribution >= 0.6 is 15.9 Å². The number of nitrogens with zero attached hydrogens (tertiary/aromatic N) is 2. The lowest BCUT2D eigenvalue weighted by Crippen LogP contribution is -2.07. The summed E-state index contributed by atoms with van der Waals surface area (Å²) in [5.41, 5.74) is 0. The Morgan fingerprint density at radius 2 is 1.88 bits per heavy atom. The SMILES string of the molecule is CCNc1ncnc(NCCCCCO)c1Br. The summed E-state index contributed by atoms with van der Waals surface area (Å²) in [7, 11) is 0. The van der Waals surface area contributed by atoms with E-state index in [1.807, 2.05) is 6.92 Å². The predicted molar refractivity (Wildman–Crippen MR) is 73.3 cm³/mol. The Kier molecular flexibility index (Phi) is 6.88. The Morgan fingerprint density at radius 3 is 2.53 bits per heavy atom. The molecule has 0 bridgehead atoms. The highest BCUT2D eigenvalue weighted by atomic mass is 79.9. The van der Waals surface area contributed by atoms with Crippen molar-refractivity contribution >= 4 is 27.6 Å². The maximum Gasteiger partial charge on any atom is 0.145 e. The minimum absolute atomic E-state index is 0.266. The number of aromatic nitrogens is 2. The Bertz CT molecular complexity index is 335. The lowest BCUT2D eigenvalue weighted by Gasteiger charge is -2.10. The van der Waals surface area contributed by atoms with Crippen LogP contribution < -0.4 is 10.6 Å². The molecule has 0 fully saturated rings. The van der Waals surface area contributed by atoms with Gasteiger partial charge in [0, 0.05) is 19.7 Å². The van der Waals surface area contributed by atoms with Crippen LogP contribution in [0, 0.1) is 0 Å². The first-order valence-corrected chi connectivity index (χ1v) is 6.68. The number of aliphatic hydroxyl groups excluding tert-OH is 1. The second-order valence-electron chi connectivity index (χ2n) is 3.63. The highest BCUT2D eigenvalue weighted by molar-refractivity contribution is 9.10. The van der Waals surface area contributed by atoms with Crippen LogP contribution in [0.3, 0.4) is 0 Å². The second kappa shape index (κ2) is 8.25. The van der Waals surface area contributed by atoms with Crippen molar-refractivity contribution in [2.75, 3.05) is 30.3 Å². The molecule has 6 heteroatoms. The lowest BCUT2D eigenvalue weighted by molar-refractivity contribution is 0.283. The van der Waals surface area contributed by atoms with Crippen molar-refractivity contribution < 1.29 is 5.11 Å². The zero-order valence-corrected chi connectivity index (χ0v) is 11.6. The van der Waals surface area contributed by atoms with Gasteiger partial charge in [0.15, 0.2) is 0 Å². The molecule has 17 heavy (non-hydrogen) atoms. The summed E-state index contributed by atoms with van der Waals surface area (Å²) in [6.07, 6.45) is 4.44. The fourth-order valence-electron chi connectivity index (χ4n) is 1.40. The Hall–Kier alpha value is -0.880. The van der Waals surface area contributed by atoms with E-state index in [0.717, 1.165) is 48.5 Å². The maximum absolute atomic E-state index is 8.67. The lowest BCUT2D eigenvalue weighted by atomic mass is 10.2. The van der Waals surface area contributed by atoms with Crippen LogP contribution in [0.15, 0.2) is 10.8 Å². The van der Waals surface area contributed by atoms with E-state index in [0.29, 0.717) is 0 Å². The summed E-state index contributed by atoms with van der Waals surface area (Å²) >= 11 is 3.48. The summed E-state index contributed by atoms with van der Waals surface area (Å²) in [6, 6.07) is 0. The molecule has 3 N–H and O–H groups in total. The number of hydrogen-bond donors (Lipinski definition) is 3. The molecule has 0 amide bonds. The van der Waals surface area contributed by atoms with Crippen molar-refractivity contribution in [2.24, 2.45) is 0 Å². The number of nitrogens with one attached hydrogen (secondary N) is 2. The molecule has 0 saturated heterocycles. The molecular weight excluding hydrogens is 284 g/mol. The Morgan fingerprint density at radius 1 is 1.18 bits per heavy atom. The Labute approximate surface area is 110 Å². The van der Waals surface area contributed by atoms with E-state index in [-0.39, 0.29) is 6.61 Å². The molecule has 1 aromatic heterocycles. The van der Waals surface area contributed by atoms with Gasteiger partial charge < -0.3 is 15.7 Å². The smallest absolute Gasteiger partial charge is 0.145 e. The van der Waals surface area contributed by atoms with Gasteiger partial charge in [-0.1, -0.05) is 0 Å². The molecule has 0 aliphatic heterocycles. The van der Waals surface area contributed by atoms with Crippen LogP contribution in [-0.4, -0.2) is 34.8 Å². The van der Waals surface area contributed by atoms with Gasteiger partial charge >= 0.3 is 0 Å². The summed E-state index contributed by atoms with van der Waals surface area (Å²) in [5, 5.41) is 15.1. The fourth-order valence-corrected chi connectivity index (χ4v) is 1.89. The molecule has 0 saturated carbocycles. The first kappa shape index (κ1) is 14.2. The van der Waals surface area contributed by atoms with E-state index in [4.69, 9.17) is 5.11 Å². The molecule has 0 aliphatic carbocycles. The van der Waals surface area contributed by atoms with E-state index < -0.39 is 0 Å². The number of aliphatic hydroxyl groups is 1. The molecule has 5 nitrogen and oxygen atoms in total. The van der Waals surface area contributed by atoms with Gasteiger partial charge in [0.2, 0.25) is 0 Å². The van der Waals surface area contributed by atoms with Gasteiger partial charge in [0.05, 0.1) is 0 Å². The standard InChI is InChI=1S/C11H19BrN4O/c1-2-13-10-9(12)11(16-8-15-10)14-6-4-3-5-7-17/h8,17H,2-7H2,1H3,(H2,13,14,15,16). The monoisotopic (exact) mass is 302 g/mol. The van der Waals surface area contributed by atoms with Crippen molar-refractivity contribution in [2.45, 2.75) is 26.2 Å². The summed E-state index contributed by atoms with van der Waals surface area (Å²) < 4.78 is 0.865. The zero-order chi connectivity index (χ0) is 12.5. The highest BCUT2D eigenvalue weighted by Gasteiger charge is 2.06. The molecular formula is C11H19BrN4O. The average Bonchev–Trinajstić information content (AvgIpc) is 2.33.